The molecule has 2 aromatic heterocycles. The zero-order valence-electron chi connectivity index (χ0n) is 35.2. The molecule has 3 aliphatic rings. The van der Waals surface area contributed by atoms with Crippen LogP contribution in [0.1, 0.15) is 90.3 Å². The molecule has 3 aliphatic heterocycles. The molecule has 3 saturated heterocycles. The Labute approximate surface area is 344 Å². The van der Waals surface area contributed by atoms with E-state index in [0.29, 0.717) is 16.9 Å². The lowest BCUT2D eigenvalue weighted by Gasteiger charge is -2.38. The van der Waals surface area contributed by atoms with Gasteiger partial charge in [0.1, 0.15) is 24.3 Å². The van der Waals surface area contributed by atoms with Crippen molar-refractivity contribution < 1.29 is 38.2 Å². The number of nitrogens with one attached hydrogen (secondary N) is 2. The summed E-state index contributed by atoms with van der Waals surface area (Å²) >= 11 is 0. The van der Waals surface area contributed by atoms with E-state index in [2.05, 4.69) is 26.3 Å². The zero-order valence-corrected chi connectivity index (χ0v) is 36.1. The second-order valence-corrected chi connectivity index (χ2v) is 17.1. The predicted octanol–water partition coefficient (Wildman–Crippen LogP) is 2.46. The molecule has 0 aliphatic carbocycles. The van der Waals surface area contributed by atoms with Crippen molar-refractivity contribution in [1.82, 2.24) is 34.0 Å². The quantitative estimate of drug-likeness (QED) is 0.0846. The van der Waals surface area contributed by atoms with Gasteiger partial charge in [0.2, 0.25) is 5.91 Å². The fourth-order valence-electron chi connectivity index (χ4n) is 7.73. The van der Waals surface area contributed by atoms with Crippen LogP contribution in [0.3, 0.4) is 0 Å². The van der Waals surface area contributed by atoms with E-state index in [1.165, 1.54) is 22.4 Å². The highest BCUT2D eigenvalue weighted by molar-refractivity contribution is 7.44. The van der Waals surface area contributed by atoms with Gasteiger partial charge in [0, 0.05) is 68.0 Å². The van der Waals surface area contributed by atoms with Crippen LogP contribution in [0.15, 0.2) is 31.8 Å². The molecule has 1 amide bonds. The Morgan fingerprint density at radius 3 is 2.47 bits per heavy atom. The molecule has 2 aromatic rings. The van der Waals surface area contributed by atoms with Crippen molar-refractivity contribution in [3.63, 3.8) is 0 Å². The van der Waals surface area contributed by atoms with Gasteiger partial charge in [-0.25, -0.2) is 29.0 Å². The molecule has 21 heteroatoms. The minimum absolute atomic E-state index is 0.0472. The van der Waals surface area contributed by atoms with E-state index >= 15 is 0 Å². The van der Waals surface area contributed by atoms with Crippen LogP contribution in [-0.2, 0) is 33.1 Å². The van der Waals surface area contributed by atoms with Crippen molar-refractivity contribution >= 4 is 26.1 Å². The molecule has 3 fully saturated rings. The number of aryl methyl sites for hydroxylation is 2. The maximum Gasteiger partial charge on any atom is 0.351 e. The second-order valence-electron chi connectivity index (χ2n) is 15.7. The number of carbonyl (C=O) groups is 1. The van der Waals surface area contributed by atoms with Crippen LogP contribution < -0.4 is 22.3 Å². The number of H-pyrrole nitrogens is 1. The first-order chi connectivity index (χ1) is 28.1. The van der Waals surface area contributed by atoms with Crippen molar-refractivity contribution in [2.45, 2.75) is 136 Å². The number of hydrogen-bond acceptors (Lipinski definition) is 15. The van der Waals surface area contributed by atoms with Crippen molar-refractivity contribution in [2.24, 2.45) is 10.9 Å². The lowest BCUT2D eigenvalue weighted by molar-refractivity contribution is -0.326. The van der Waals surface area contributed by atoms with E-state index in [4.69, 9.17) is 28.3 Å². The lowest BCUT2D eigenvalue weighted by atomic mass is 9.96. The van der Waals surface area contributed by atoms with Gasteiger partial charge in [-0.15, -0.1) is 0 Å². The molecule has 3 N–H and O–H groups in total. The number of amidine groups is 1. The SMILES string of the molecule is COO[C@@H]1[C@H](OP(OCCC#N)N(C(C)C)C(C)C)[C@@H]([C@H](C)NC(=O)C[C@H]2C[C@H](n3cc(C)c(=O)[nH]c3=O)O[C@@H]2CO)O[C@H]1n1cc(C)c(N=C2CCCN2C)nc1=O. The molecular weight excluding hydrogens is 789 g/mol. The minimum Gasteiger partial charge on any atom is -0.394 e. The second kappa shape index (κ2) is 20.6. The van der Waals surface area contributed by atoms with E-state index in [0.717, 1.165) is 25.2 Å². The van der Waals surface area contributed by atoms with Gasteiger partial charge in [-0.1, -0.05) is 0 Å². The number of rotatable bonds is 18. The topological polar surface area (TPSA) is 237 Å². The number of nitriles is 1. The van der Waals surface area contributed by atoms with Crippen molar-refractivity contribution in [3.05, 3.63) is 54.8 Å². The van der Waals surface area contributed by atoms with Gasteiger partial charge in [-0.2, -0.15) is 10.2 Å². The fourth-order valence-corrected chi connectivity index (χ4v) is 9.49. The van der Waals surface area contributed by atoms with Crippen molar-refractivity contribution in [2.75, 3.05) is 33.9 Å². The third-order valence-corrected chi connectivity index (χ3v) is 12.7. The third-order valence-electron chi connectivity index (χ3n) is 10.6. The molecule has 326 valence electrons. The molecule has 0 radical (unpaired) electrons. The smallest absolute Gasteiger partial charge is 0.351 e. The summed E-state index contributed by atoms with van der Waals surface area (Å²) in [5.74, 6) is 0.235. The van der Waals surface area contributed by atoms with Crippen LogP contribution in [0, 0.1) is 31.1 Å². The van der Waals surface area contributed by atoms with E-state index in [-0.39, 0.29) is 38.0 Å². The molecule has 1 unspecified atom stereocenters. The number of aliphatic hydroxyl groups is 1. The Morgan fingerprint density at radius 2 is 1.85 bits per heavy atom. The molecular formula is C38H58N9O11P. The van der Waals surface area contributed by atoms with Gasteiger partial charge >= 0.3 is 11.4 Å². The summed E-state index contributed by atoms with van der Waals surface area (Å²) in [6.45, 7) is 13.6. The van der Waals surface area contributed by atoms with E-state index in [1.54, 1.807) is 27.0 Å². The van der Waals surface area contributed by atoms with Crippen molar-refractivity contribution in [1.29, 1.82) is 5.26 Å². The Morgan fingerprint density at radius 1 is 1.14 bits per heavy atom. The maximum atomic E-state index is 13.8. The number of carbonyl (C=O) groups excluding carboxylic acids is 1. The lowest BCUT2D eigenvalue weighted by Crippen LogP contribution is -2.49. The summed E-state index contributed by atoms with van der Waals surface area (Å²) in [5.41, 5.74) is -0.899. The van der Waals surface area contributed by atoms with Crippen LogP contribution in [-0.4, -0.2) is 122 Å². The largest absolute Gasteiger partial charge is 0.394 e. The number of ether oxygens (including phenoxy) is 2. The van der Waals surface area contributed by atoms with E-state index in [9.17, 15) is 29.5 Å². The van der Waals surface area contributed by atoms with Gasteiger partial charge in [0.05, 0.1) is 45.0 Å². The highest BCUT2D eigenvalue weighted by Gasteiger charge is 2.53. The van der Waals surface area contributed by atoms with Gasteiger partial charge < -0.3 is 33.8 Å². The monoisotopic (exact) mass is 847 g/mol. The Kier molecular flexibility index (Phi) is 16.1. The van der Waals surface area contributed by atoms with Crippen LogP contribution >= 0.6 is 8.53 Å². The number of aliphatic hydroxyl groups excluding tert-OH is 1. The number of likely N-dealkylation sites (tertiary alicyclic amines) is 1. The molecule has 9 atom stereocenters. The number of aromatic amines is 1. The van der Waals surface area contributed by atoms with Crippen LogP contribution in [0.2, 0.25) is 0 Å². The summed E-state index contributed by atoms with van der Waals surface area (Å²) in [6.07, 6.45) is -0.808. The first-order valence-corrected chi connectivity index (χ1v) is 21.1. The summed E-state index contributed by atoms with van der Waals surface area (Å²) < 4.78 is 30.3. The average molecular weight is 848 g/mol. The standard InChI is InChI=1S/C38H58N9O11P/c1-21(2)47(22(3)4)59(54-15-11-13-39)58-32-31(25(7)40-29(49)16-26-17-30(55-27(26)20-48)45-19-24(6)35(50)43-38(45)52)56-36(33(32)57-53-9)46-18-23(5)34(42-37(46)51)41-28-12-10-14-44(28)8/h18-19,21-22,25-27,30-33,36,48H,10-12,14-17,20H2,1-9H3,(H,40,49)(H,43,50,52)/t25-,26-,27+,30+,31+,32+,33+,36+,59?/m0/s1. The number of nitrogens with zero attached hydrogens (tertiary/aromatic N) is 7. The fraction of sp³-hybridized carbons (Fsp3) is 0.711. The number of amides is 1. The molecule has 0 aromatic carbocycles. The molecule has 0 saturated carbocycles. The normalized spacial score (nSPS) is 26.3. The summed E-state index contributed by atoms with van der Waals surface area (Å²) in [6, 6.07) is 1.23. The van der Waals surface area contributed by atoms with Gasteiger partial charge in [-0.3, -0.25) is 23.7 Å². The van der Waals surface area contributed by atoms with Crippen LogP contribution in [0.5, 0.6) is 0 Å². The Hall–Kier alpha value is -3.90. The Balaban J connectivity index is 1.45. The van der Waals surface area contributed by atoms with Crippen molar-refractivity contribution in [3.8, 4) is 6.07 Å². The highest BCUT2D eigenvalue weighted by atomic mass is 31.2. The molecule has 20 nitrogen and oxygen atoms in total. The van der Waals surface area contributed by atoms with Crippen LogP contribution in [0.25, 0.3) is 0 Å². The van der Waals surface area contributed by atoms with E-state index in [1.807, 2.05) is 44.3 Å². The molecule has 5 heterocycles. The third kappa shape index (κ3) is 10.9. The summed E-state index contributed by atoms with van der Waals surface area (Å²) in [5, 5.41) is 22.5. The molecule has 5 rings (SSSR count). The number of hydrogen-bond donors (Lipinski definition) is 3. The van der Waals surface area contributed by atoms with Gasteiger partial charge in [-0.05, 0) is 61.3 Å². The number of aliphatic imine (C=N–C) groups is 1. The predicted molar refractivity (Wildman–Crippen MR) is 215 cm³/mol. The maximum absolute atomic E-state index is 13.8. The Bertz CT molecular complexity index is 2010. The first-order valence-electron chi connectivity index (χ1n) is 19.9. The number of aromatic nitrogens is 4. The molecule has 0 bridgehead atoms. The molecule has 0 spiro atoms. The average Bonchev–Trinajstić information content (AvgIpc) is 3.87. The van der Waals surface area contributed by atoms with Gasteiger partial charge in [0.15, 0.2) is 18.1 Å². The van der Waals surface area contributed by atoms with Gasteiger partial charge in [0.25, 0.3) is 14.1 Å². The van der Waals surface area contributed by atoms with Crippen LogP contribution in [0.4, 0.5) is 5.82 Å². The minimum atomic E-state index is -1.87. The van der Waals surface area contributed by atoms with E-state index < -0.39 is 86.8 Å². The molecule has 59 heavy (non-hydrogen) atoms. The first kappa shape index (κ1) is 46.2. The zero-order chi connectivity index (χ0) is 43.1. The highest BCUT2D eigenvalue weighted by Crippen LogP contribution is 2.51. The summed E-state index contributed by atoms with van der Waals surface area (Å²) in [7, 11) is 1.40. The summed E-state index contributed by atoms with van der Waals surface area (Å²) in [4.78, 5) is 76.6.